The maximum absolute atomic E-state index is 12.9. The molecule has 0 spiro atoms. The number of carbonyl (C=O) groups is 2. The van der Waals surface area contributed by atoms with Crippen molar-refractivity contribution in [2.75, 3.05) is 26.3 Å². The average Bonchev–Trinajstić information content (AvgIpc) is 2.92. The van der Waals surface area contributed by atoms with E-state index in [0.29, 0.717) is 64.5 Å². The van der Waals surface area contributed by atoms with Crippen LogP contribution in [0.25, 0.3) is 0 Å². The lowest BCUT2D eigenvalue weighted by molar-refractivity contribution is -0.293. The number of rotatable bonds is 17. The van der Waals surface area contributed by atoms with Crippen LogP contribution in [0, 0.1) is 0 Å². The number of hydrogen-bond acceptors (Lipinski definition) is 12. The Labute approximate surface area is 236 Å². The van der Waals surface area contributed by atoms with E-state index in [4.69, 9.17) is 18.9 Å². The molecule has 2 aliphatic heterocycles. The van der Waals surface area contributed by atoms with E-state index < -0.39 is 61.4 Å². The molecule has 2 rings (SSSR count). The minimum Gasteiger partial charge on any atom is -0.388 e. The summed E-state index contributed by atoms with van der Waals surface area (Å²) in [5.74, 6) is 0.0793. The Hall–Kier alpha value is -1.26. The predicted octanol–water partition coefficient (Wildman–Crippen LogP) is -0.787. The zero-order valence-electron chi connectivity index (χ0n) is 23.8. The smallest absolute Gasteiger partial charge is 0.222 e. The van der Waals surface area contributed by atoms with Crippen LogP contribution in [0.2, 0.25) is 0 Å². The Morgan fingerprint density at radius 2 is 1.05 bits per heavy atom. The molecule has 0 radical (unpaired) electrons. The predicted molar refractivity (Wildman–Crippen MR) is 141 cm³/mol. The van der Waals surface area contributed by atoms with Crippen LogP contribution >= 0.6 is 0 Å². The third-order valence-corrected chi connectivity index (χ3v) is 7.35. The van der Waals surface area contributed by atoms with E-state index in [-0.39, 0.29) is 24.9 Å². The van der Waals surface area contributed by atoms with Crippen LogP contribution in [0.1, 0.15) is 72.1 Å². The molecule has 2 fully saturated rings. The van der Waals surface area contributed by atoms with Gasteiger partial charge < -0.3 is 59.3 Å². The summed E-state index contributed by atoms with van der Waals surface area (Å²) in [7, 11) is 0. The monoisotopic (exact) mass is 579 g/mol. The highest BCUT2D eigenvalue weighted by Crippen LogP contribution is 2.23. The minimum atomic E-state index is -1.36. The number of carbonyl (C=O) groups excluding carboxylic acids is 2. The number of hydrogen-bond donors (Lipinski definition) is 6. The summed E-state index contributed by atoms with van der Waals surface area (Å²) < 4.78 is 22.0. The number of amides is 1. The van der Waals surface area contributed by atoms with Gasteiger partial charge in [-0.2, -0.15) is 0 Å². The van der Waals surface area contributed by atoms with Gasteiger partial charge in [0.2, 0.25) is 5.91 Å². The molecule has 10 atom stereocenters. The lowest BCUT2D eigenvalue weighted by Crippen LogP contribution is -2.57. The Morgan fingerprint density at radius 3 is 1.48 bits per heavy atom. The van der Waals surface area contributed by atoms with Gasteiger partial charge in [-0.1, -0.05) is 0 Å². The summed E-state index contributed by atoms with van der Waals surface area (Å²) in [5.41, 5.74) is 0. The second-order valence-electron chi connectivity index (χ2n) is 10.8. The van der Waals surface area contributed by atoms with Crippen molar-refractivity contribution in [2.45, 2.75) is 134 Å². The van der Waals surface area contributed by atoms with Crippen LogP contribution in [0.4, 0.5) is 0 Å². The summed E-state index contributed by atoms with van der Waals surface area (Å²) in [5, 5.41) is 59.5. The molecule has 234 valence electrons. The van der Waals surface area contributed by atoms with Crippen LogP contribution < -0.4 is 0 Å². The van der Waals surface area contributed by atoms with E-state index in [1.165, 1.54) is 6.92 Å². The van der Waals surface area contributed by atoms with Crippen molar-refractivity contribution in [1.82, 2.24) is 4.90 Å². The third kappa shape index (κ3) is 10.9. The van der Waals surface area contributed by atoms with E-state index >= 15 is 0 Å². The fourth-order valence-corrected chi connectivity index (χ4v) is 4.68. The highest BCUT2D eigenvalue weighted by Gasteiger charge is 2.43. The van der Waals surface area contributed by atoms with Crippen LogP contribution in [0.15, 0.2) is 0 Å². The van der Waals surface area contributed by atoms with Crippen molar-refractivity contribution in [3.63, 3.8) is 0 Å². The number of nitrogens with zero attached hydrogens (tertiary/aromatic N) is 1. The molecule has 0 aromatic rings. The molecule has 2 heterocycles. The Kier molecular flexibility index (Phi) is 15.4. The standard InChI is InChI=1S/C27H49NO12/c1-16(29)10-4-5-11-19(30)28(12-6-8-14-37-26-24(35)22(33)20(31)17(2)39-26)13-7-9-15-38-27-25(36)23(34)21(32)18(3)40-27/h17-18,20-27,31-36H,4-15H2,1-3H3/t17-,18-,20+,21+,22+,23+,24-,25-,26+,27+/m0/s1. The van der Waals surface area contributed by atoms with Gasteiger partial charge >= 0.3 is 0 Å². The molecule has 13 heteroatoms. The molecule has 0 aliphatic carbocycles. The third-order valence-electron chi connectivity index (χ3n) is 7.35. The van der Waals surface area contributed by atoms with Gasteiger partial charge in [-0.25, -0.2) is 0 Å². The highest BCUT2D eigenvalue weighted by atomic mass is 16.7. The summed E-state index contributed by atoms with van der Waals surface area (Å²) in [6.07, 6.45) is -6.86. The maximum atomic E-state index is 12.9. The number of Topliss-reactive ketones (excluding diaryl/α,β-unsaturated/α-hetero) is 1. The first-order chi connectivity index (χ1) is 18.9. The van der Waals surface area contributed by atoms with E-state index in [0.717, 1.165) is 0 Å². The summed E-state index contributed by atoms with van der Waals surface area (Å²) >= 11 is 0. The van der Waals surface area contributed by atoms with Gasteiger partial charge in [0.15, 0.2) is 12.6 Å². The zero-order valence-corrected chi connectivity index (χ0v) is 23.8. The first kappa shape index (κ1) is 34.9. The fraction of sp³-hybridized carbons (Fsp3) is 0.926. The summed E-state index contributed by atoms with van der Waals surface area (Å²) in [4.78, 5) is 25.8. The Morgan fingerprint density at radius 1 is 0.625 bits per heavy atom. The zero-order chi connectivity index (χ0) is 29.8. The van der Waals surface area contributed by atoms with E-state index in [1.54, 1.807) is 18.7 Å². The number of aliphatic hydroxyl groups is 6. The molecular formula is C27H49NO12. The maximum Gasteiger partial charge on any atom is 0.222 e. The molecular weight excluding hydrogens is 530 g/mol. The molecule has 1 amide bonds. The van der Waals surface area contributed by atoms with E-state index in [2.05, 4.69) is 0 Å². The average molecular weight is 580 g/mol. The van der Waals surface area contributed by atoms with Crippen LogP contribution in [0.5, 0.6) is 0 Å². The Bertz CT molecular complexity index is 713. The highest BCUT2D eigenvalue weighted by molar-refractivity contribution is 5.77. The van der Waals surface area contributed by atoms with Crippen molar-refractivity contribution in [2.24, 2.45) is 0 Å². The van der Waals surface area contributed by atoms with Crippen molar-refractivity contribution in [3.8, 4) is 0 Å². The van der Waals surface area contributed by atoms with Crippen molar-refractivity contribution >= 4 is 11.7 Å². The van der Waals surface area contributed by atoms with Gasteiger partial charge in [-0.05, 0) is 59.3 Å². The SMILES string of the molecule is CC(=O)CCCCC(=O)N(CCCCO[C@@H]1O[C@@H](C)[C@@H](O)[C@@H](O)[C@@H]1O)CCCCO[C@@H]1O[C@@H](C)[C@@H](O)[C@@H](O)[C@@H]1O. The largest absolute Gasteiger partial charge is 0.388 e. The topological polar surface area (TPSA) is 196 Å². The molecule has 40 heavy (non-hydrogen) atoms. The van der Waals surface area contributed by atoms with Crippen LogP contribution in [-0.4, -0.2) is 135 Å². The molecule has 0 aromatic heterocycles. The first-order valence-electron chi connectivity index (χ1n) is 14.3. The van der Waals surface area contributed by atoms with Crippen LogP contribution in [0.3, 0.4) is 0 Å². The van der Waals surface area contributed by atoms with Crippen molar-refractivity contribution in [3.05, 3.63) is 0 Å². The molecule has 13 nitrogen and oxygen atoms in total. The number of aliphatic hydroxyl groups excluding tert-OH is 6. The van der Waals surface area contributed by atoms with Crippen molar-refractivity contribution in [1.29, 1.82) is 0 Å². The number of ether oxygens (including phenoxy) is 4. The molecule has 0 saturated carbocycles. The molecule has 2 aliphatic rings. The van der Waals surface area contributed by atoms with Crippen LogP contribution in [-0.2, 0) is 28.5 Å². The van der Waals surface area contributed by atoms with E-state index in [1.807, 2.05) is 0 Å². The first-order valence-corrected chi connectivity index (χ1v) is 14.3. The van der Waals surface area contributed by atoms with Gasteiger partial charge in [0.1, 0.15) is 42.4 Å². The fourth-order valence-electron chi connectivity index (χ4n) is 4.68. The molecule has 2 saturated heterocycles. The number of unbranched alkanes of at least 4 members (excludes halogenated alkanes) is 3. The normalized spacial score (nSPS) is 34.5. The lowest BCUT2D eigenvalue weighted by atomic mass is 10.0. The molecule has 6 N–H and O–H groups in total. The summed E-state index contributed by atoms with van der Waals surface area (Å²) in [6.45, 7) is 6.11. The van der Waals surface area contributed by atoms with Gasteiger partial charge in [-0.15, -0.1) is 0 Å². The molecule has 0 aromatic carbocycles. The van der Waals surface area contributed by atoms with Gasteiger partial charge in [0, 0.05) is 39.1 Å². The van der Waals surface area contributed by atoms with Gasteiger partial charge in [0.25, 0.3) is 0 Å². The van der Waals surface area contributed by atoms with Gasteiger partial charge in [0.05, 0.1) is 12.2 Å². The lowest BCUT2D eigenvalue weighted by Gasteiger charge is -2.39. The summed E-state index contributed by atoms with van der Waals surface area (Å²) in [6, 6.07) is 0. The van der Waals surface area contributed by atoms with Gasteiger partial charge in [-0.3, -0.25) is 4.79 Å². The quantitative estimate of drug-likeness (QED) is 0.118. The molecule has 0 unspecified atom stereocenters. The van der Waals surface area contributed by atoms with E-state index in [9.17, 15) is 40.2 Å². The molecule has 0 bridgehead atoms. The van der Waals surface area contributed by atoms with Crippen molar-refractivity contribution < 1.29 is 59.2 Å². The second-order valence-corrected chi connectivity index (χ2v) is 10.8. The Balaban J connectivity index is 1.75. The minimum absolute atomic E-state index is 0.0145. The number of ketones is 1. The second kappa shape index (κ2) is 17.6.